The summed E-state index contributed by atoms with van der Waals surface area (Å²) in [4.78, 5) is 32.9. The Morgan fingerprint density at radius 2 is 2.13 bits per heavy atom. The summed E-state index contributed by atoms with van der Waals surface area (Å²) in [5.41, 5.74) is 0.128. The van der Waals surface area contributed by atoms with Crippen LogP contribution < -0.4 is 4.74 Å². The van der Waals surface area contributed by atoms with Crippen molar-refractivity contribution in [1.82, 2.24) is 19.8 Å². The van der Waals surface area contributed by atoms with E-state index in [1.54, 1.807) is 6.20 Å². The van der Waals surface area contributed by atoms with Crippen molar-refractivity contribution in [2.45, 2.75) is 25.0 Å². The second-order valence-electron chi connectivity index (χ2n) is 7.52. The molecule has 9 nitrogen and oxygen atoms in total. The van der Waals surface area contributed by atoms with Crippen LogP contribution in [0.3, 0.4) is 0 Å². The lowest BCUT2D eigenvalue weighted by Gasteiger charge is -2.47. The molecule has 2 N–H and O–H groups in total. The zero-order chi connectivity index (χ0) is 22.3. The van der Waals surface area contributed by atoms with Gasteiger partial charge in [0.15, 0.2) is 11.6 Å². The van der Waals surface area contributed by atoms with Crippen molar-refractivity contribution in [2.24, 2.45) is 0 Å². The van der Waals surface area contributed by atoms with Gasteiger partial charge in [0, 0.05) is 37.6 Å². The first-order valence-corrected chi connectivity index (χ1v) is 10.1. The van der Waals surface area contributed by atoms with Crippen molar-refractivity contribution in [3.8, 4) is 5.75 Å². The van der Waals surface area contributed by atoms with Gasteiger partial charge >= 0.3 is 0 Å². The van der Waals surface area contributed by atoms with Crippen molar-refractivity contribution < 1.29 is 28.6 Å². The third kappa shape index (κ3) is 5.59. The van der Waals surface area contributed by atoms with Gasteiger partial charge < -0.3 is 24.5 Å². The fraction of sp³-hybridized carbons (Fsp3) is 0.476. The number of amides is 1. The van der Waals surface area contributed by atoms with Crippen molar-refractivity contribution in [1.29, 1.82) is 0 Å². The van der Waals surface area contributed by atoms with Crippen LogP contribution in [0.1, 0.15) is 29.0 Å². The largest absolute Gasteiger partial charge is 0.494 e. The van der Waals surface area contributed by atoms with Gasteiger partial charge in [0.2, 0.25) is 0 Å². The van der Waals surface area contributed by atoms with Gasteiger partial charge in [-0.1, -0.05) is 0 Å². The molecule has 0 saturated carbocycles. The number of nitrogens with zero attached hydrogens (tertiary/aromatic N) is 3. The average Bonchev–Trinajstić information content (AvgIpc) is 3.29. The quantitative estimate of drug-likeness (QED) is 0.706. The molecule has 3 heterocycles. The molecule has 31 heavy (non-hydrogen) atoms. The summed E-state index contributed by atoms with van der Waals surface area (Å²) in [6.07, 6.45) is 5.33. The number of morpholine rings is 1. The van der Waals surface area contributed by atoms with Crippen LogP contribution in [0, 0.1) is 5.82 Å². The highest BCUT2D eigenvalue weighted by Crippen LogP contribution is 2.31. The van der Waals surface area contributed by atoms with Crippen LogP contribution >= 0.6 is 0 Å². The van der Waals surface area contributed by atoms with Gasteiger partial charge in [0.05, 0.1) is 32.4 Å². The minimum Gasteiger partial charge on any atom is -0.494 e. The Kier molecular flexibility index (Phi) is 7.59. The summed E-state index contributed by atoms with van der Waals surface area (Å²) in [7, 11) is 1.40. The maximum absolute atomic E-state index is 13.7. The molecule has 10 heteroatoms. The molecule has 0 radical (unpaired) electrons. The molecular formula is C21H27FN4O5. The van der Waals surface area contributed by atoms with Crippen LogP contribution in [0.2, 0.25) is 0 Å². The predicted molar refractivity (Wildman–Crippen MR) is 109 cm³/mol. The van der Waals surface area contributed by atoms with Gasteiger partial charge in [-0.3, -0.25) is 14.5 Å². The Balaban J connectivity index is 0.000000858. The van der Waals surface area contributed by atoms with E-state index in [2.05, 4.69) is 14.9 Å². The fourth-order valence-corrected chi connectivity index (χ4v) is 4.01. The molecule has 0 bridgehead atoms. The minimum absolute atomic E-state index is 0.0834. The standard InChI is InChI=1S/C20H25FN4O3.CH2O2/c1-27-17-12-15(2-3-16(17)21)19(26)25-10-11-28-20(14-25)4-8-24(9-5-20)13-18-22-6-7-23-18;2-1-3/h2-3,6-7,12H,4-5,8-11,13-14H2,1H3,(H,22,23);1H,(H,2,3). The number of carboxylic acid groups (broad SMARTS) is 1. The number of likely N-dealkylation sites (tertiary alicyclic amines) is 1. The number of halogens is 1. The molecule has 0 unspecified atom stereocenters. The molecule has 0 aliphatic carbocycles. The van der Waals surface area contributed by atoms with E-state index in [0.29, 0.717) is 25.3 Å². The van der Waals surface area contributed by atoms with Crippen LogP contribution in [0.4, 0.5) is 4.39 Å². The van der Waals surface area contributed by atoms with Gasteiger partial charge in [-0.2, -0.15) is 0 Å². The molecule has 2 aromatic rings. The normalized spacial score (nSPS) is 18.2. The van der Waals surface area contributed by atoms with Gasteiger partial charge in [-0.05, 0) is 31.0 Å². The first kappa shape index (κ1) is 22.7. The zero-order valence-electron chi connectivity index (χ0n) is 17.4. The molecule has 2 saturated heterocycles. The number of aromatic nitrogens is 2. The van der Waals surface area contributed by atoms with Crippen LogP contribution in [0.5, 0.6) is 5.75 Å². The topological polar surface area (TPSA) is 108 Å². The Bertz CT molecular complexity index is 869. The number of imidazole rings is 1. The van der Waals surface area contributed by atoms with Gasteiger partial charge in [-0.25, -0.2) is 9.37 Å². The number of hydrogen-bond donors (Lipinski definition) is 2. The molecule has 0 atom stereocenters. The van der Waals surface area contributed by atoms with E-state index >= 15 is 0 Å². The average molecular weight is 434 g/mol. The maximum atomic E-state index is 13.7. The summed E-state index contributed by atoms with van der Waals surface area (Å²) < 4.78 is 24.8. The maximum Gasteiger partial charge on any atom is 0.290 e. The first-order valence-electron chi connectivity index (χ1n) is 10.1. The number of benzene rings is 1. The number of piperidine rings is 1. The summed E-state index contributed by atoms with van der Waals surface area (Å²) in [5, 5.41) is 6.89. The number of aromatic amines is 1. The number of carbonyl (C=O) groups is 2. The molecule has 168 valence electrons. The second kappa shape index (κ2) is 10.4. The summed E-state index contributed by atoms with van der Waals surface area (Å²) in [6.45, 7) is 3.94. The molecular weight excluding hydrogens is 407 g/mol. The van der Waals surface area contributed by atoms with Gasteiger partial charge in [0.25, 0.3) is 12.4 Å². The van der Waals surface area contributed by atoms with E-state index in [1.165, 1.54) is 25.3 Å². The number of ether oxygens (including phenoxy) is 2. The second-order valence-corrected chi connectivity index (χ2v) is 7.52. The van der Waals surface area contributed by atoms with Gasteiger partial charge in [0.1, 0.15) is 5.82 Å². The highest BCUT2D eigenvalue weighted by Gasteiger charge is 2.41. The van der Waals surface area contributed by atoms with Crippen molar-refractivity contribution in [3.05, 3.63) is 47.8 Å². The molecule has 2 aliphatic heterocycles. The third-order valence-electron chi connectivity index (χ3n) is 5.63. The van der Waals surface area contributed by atoms with E-state index in [4.69, 9.17) is 19.4 Å². The highest BCUT2D eigenvalue weighted by molar-refractivity contribution is 5.94. The summed E-state index contributed by atoms with van der Waals surface area (Å²) in [5.74, 6) is 0.461. The van der Waals surface area contributed by atoms with E-state index in [-0.39, 0.29) is 23.7 Å². The Morgan fingerprint density at radius 1 is 1.39 bits per heavy atom. The monoisotopic (exact) mass is 434 g/mol. The van der Waals surface area contributed by atoms with Gasteiger partial charge in [-0.15, -0.1) is 0 Å². The molecule has 1 amide bonds. The molecule has 4 rings (SSSR count). The Morgan fingerprint density at radius 3 is 2.77 bits per heavy atom. The number of methoxy groups -OCH3 is 1. The van der Waals surface area contributed by atoms with E-state index in [9.17, 15) is 9.18 Å². The molecule has 1 spiro atoms. The lowest BCUT2D eigenvalue weighted by atomic mass is 9.89. The summed E-state index contributed by atoms with van der Waals surface area (Å²) in [6, 6.07) is 4.25. The minimum atomic E-state index is -0.471. The highest BCUT2D eigenvalue weighted by atomic mass is 19.1. The van der Waals surface area contributed by atoms with Crippen molar-refractivity contribution in [2.75, 3.05) is 39.9 Å². The smallest absolute Gasteiger partial charge is 0.290 e. The predicted octanol–water partition coefficient (Wildman–Crippen LogP) is 1.77. The lowest BCUT2D eigenvalue weighted by Crippen LogP contribution is -2.57. The van der Waals surface area contributed by atoms with E-state index < -0.39 is 5.82 Å². The molecule has 2 aliphatic rings. The third-order valence-corrected chi connectivity index (χ3v) is 5.63. The van der Waals surface area contributed by atoms with E-state index in [1.807, 2.05) is 11.1 Å². The Labute approximate surface area is 179 Å². The number of rotatable bonds is 4. The summed E-state index contributed by atoms with van der Waals surface area (Å²) >= 11 is 0. The van der Waals surface area contributed by atoms with Crippen molar-refractivity contribution in [3.63, 3.8) is 0 Å². The number of hydrogen-bond acceptors (Lipinski definition) is 6. The lowest BCUT2D eigenvalue weighted by molar-refractivity contribution is -0.128. The Hall–Kier alpha value is -2.98. The van der Waals surface area contributed by atoms with Crippen molar-refractivity contribution >= 4 is 12.4 Å². The molecule has 2 fully saturated rings. The van der Waals surface area contributed by atoms with Crippen LogP contribution in [0.15, 0.2) is 30.6 Å². The van der Waals surface area contributed by atoms with Crippen LogP contribution in [0.25, 0.3) is 0 Å². The number of carbonyl (C=O) groups excluding carboxylic acids is 1. The van der Waals surface area contributed by atoms with E-state index in [0.717, 1.165) is 38.3 Å². The number of H-pyrrole nitrogens is 1. The molecule has 1 aromatic carbocycles. The van der Waals surface area contributed by atoms with Crippen LogP contribution in [-0.2, 0) is 16.1 Å². The number of nitrogens with one attached hydrogen (secondary N) is 1. The first-order chi connectivity index (χ1) is 15.0. The zero-order valence-corrected chi connectivity index (χ0v) is 17.4. The SMILES string of the molecule is COc1cc(C(=O)N2CCOC3(CCN(Cc4ncc[nH]4)CC3)C2)ccc1F.O=CO. The van der Waals surface area contributed by atoms with Crippen LogP contribution in [-0.4, -0.2) is 82.8 Å². The molecule has 1 aromatic heterocycles. The fourth-order valence-electron chi connectivity index (χ4n) is 4.01.